The average molecular weight is 440 g/mol. The monoisotopic (exact) mass is 439 g/mol. The molecule has 4 atom stereocenters. The summed E-state index contributed by atoms with van der Waals surface area (Å²) in [5.74, 6) is -1.07. The molecule has 0 aromatic heterocycles. The number of thioether (sulfide) groups is 1. The van der Waals surface area contributed by atoms with Crippen LogP contribution < -0.4 is 0 Å². The number of hydrogen-bond donors (Lipinski definition) is 0. The molecule has 0 spiro atoms. The van der Waals surface area contributed by atoms with Gasteiger partial charge in [0.15, 0.2) is 6.10 Å². The third-order valence-electron chi connectivity index (χ3n) is 5.92. The minimum Gasteiger partial charge on any atom is -0.464 e. The highest BCUT2D eigenvalue weighted by Crippen LogP contribution is 2.54. The van der Waals surface area contributed by atoms with Crippen molar-refractivity contribution >= 4 is 30.1 Å². The second-order valence-electron chi connectivity index (χ2n) is 8.36. The molecule has 2 saturated heterocycles. The fourth-order valence-electron chi connectivity index (χ4n) is 4.39. The number of hydrogen-bond acceptors (Lipinski definition) is 6. The quantitative estimate of drug-likeness (QED) is 0.373. The summed E-state index contributed by atoms with van der Waals surface area (Å²) in [4.78, 5) is 38.6. The molecule has 0 saturated carbocycles. The van der Waals surface area contributed by atoms with Gasteiger partial charge in [-0.3, -0.25) is 9.59 Å². The maximum atomic E-state index is 13.4. The lowest BCUT2D eigenvalue weighted by molar-refractivity contribution is -0.175. The van der Waals surface area contributed by atoms with Crippen LogP contribution in [0, 0.1) is 5.92 Å². The third-order valence-corrected chi connectivity index (χ3v) is 7.51. The second-order valence-corrected chi connectivity index (χ2v) is 10.1. The van der Waals surface area contributed by atoms with E-state index >= 15 is 0 Å². The van der Waals surface area contributed by atoms with E-state index in [0.29, 0.717) is 6.47 Å². The summed E-state index contributed by atoms with van der Waals surface area (Å²) in [5, 5.41) is -0.220. The average Bonchev–Trinajstić information content (AvgIpc) is 3.00. The summed E-state index contributed by atoms with van der Waals surface area (Å²) in [5.41, 5.74) is 1.73. The van der Waals surface area contributed by atoms with Crippen molar-refractivity contribution in [2.24, 2.45) is 5.92 Å². The van der Waals surface area contributed by atoms with Crippen molar-refractivity contribution in [2.75, 3.05) is 0 Å². The first-order valence-electron chi connectivity index (χ1n) is 10.2. The number of rotatable bonds is 7. The number of amides is 1. The number of ether oxygens (including phenoxy) is 2. The molecule has 31 heavy (non-hydrogen) atoms. The van der Waals surface area contributed by atoms with E-state index in [-0.39, 0.29) is 11.3 Å². The summed E-state index contributed by atoms with van der Waals surface area (Å²) in [6.45, 7) is 5.95. The normalized spacial score (nSPS) is 24.8. The Hall–Kier alpha value is -2.80. The van der Waals surface area contributed by atoms with E-state index in [1.807, 2.05) is 74.5 Å². The van der Waals surface area contributed by atoms with E-state index in [9.17, 15) is 14.4 Å². The SMILES string of the molecule is CC(OC=O)C1C(=O)N2[C@@H]1SC(C)(C)[C@@H]2C(=O)OC(c1ccccc1)c1ccccc1. The fraction of sp³-hybridized carbons (Fsp3) is 0.375. The second kappa shape index (κ2) is 8.38. The van der Waals surface area contributed by atoms with Gasteiger partial charge in [-0.05, 0) is 31.9 Å². The zero-order valence-corrected chi connectivity index (χ0v) is 18.5. The van der Waals surface area contributed by atoms with Crippen LogP contribution in [0.1, 0.15) is 38.0 Å². The molecular formula is C24H25NO5S. The van der Waals surface area contributed by atoms with Crippen LogP contribution in [0.25, 0.3) is 0 Å². The predicted octanol–water partition coefficient (Wildman–Crippen LogP) is 3.56. The lowest BCUT2D eigenvalue weighted by Crippen LogP contribution is -2.65. The van der Waals surface area contributed by atoms with E-state index in [1.165, 1.54) is 0 Å². The van der Waals surface area contributed by atoms with Gasteiger partial charge in [0.2, 0.25) is 5.91 Å². The van der Waals surface area contributed by atoms with Crippen LogP contribution in [0.5, 0.6) is 0 Å². The number of fused-ring (bicyclic) bond motifs is 1. The molecule has 6 nitrogen and oxygen atoms in total. The molecule has 0 N–H and O–H groups in total. The number of carbonyl (C=O) groups is 3. The molecule has 2 aliphatic rings. The Morgan fingerprint density at radius 3 is 2.13 bits per heavy atom. The van der Waals surface area contributed by atoms with E-state index in [2.05, 4.69) is 0 Å². The van der Waals surface area contributed by atoms with Gasteiger partial charge in [0, 0.05) is 4.75 Å². The van der Waals surface area contributed by atoms with E-state index in [0.717, 1.165) is 11.1 Å². The third kappa shape index (κ3) is 3.83. The lowest BCUT2D eigenvalue weighted by atomic mass is 9.88. The van der Waals surface area contributed by atoms with Crippen molar-refractivity contribution in [1.29, 1.82) is 0 Å². The zero-order chi connectivity index (χ0) is 22.2. The van der Waals surface area contributed by atoms with Crippen LogP contribution in [0.2, 0.25) is 0 Å². The predicted molar refractivity (Wildman–Crippen MR) is 117 cm³/mol. The van der Waals surface area contributed by atoms with Gasteiger partial charge in [0.1, 0.15) is 18.1 Å². The van der Waals surface area contributed by atoms with E-state index in [4.69, 9.17) is 9.47 Å². The highest BCUT2D eigenvalue weighted by molar-refractivity contribution is 8.01. The molecule has 2 fully saturated rings. The summed E-state index contributed by atoms with van der Waals surface area (Å²) in [6, 6.07) is 18.4. The van der Waals surface area contributed by atoms with Gasteiger partial charge in [0.05, 0.1) is 5.37 Å². The van der Waals surface area contributed by atoms with Gasteiger partial charge in [-0.25, -0.2) is 4.79 Å². The van der Waals surface area contributed by atoms with Crippen LogP contribution in [0.4, 0.5) is 0 Å². The number of β-lactam (4-membered cyclic amide) rings is 1. The number of nitrogens with zero attached hydrogens (tertiary/aromatic N) is 1. The number of benzene rings is 2. The highest BCUT2D eigenvalue weighted by Gasteiger charge is 2.65. The Kier molecular flexibility index (Phi) is 5.79. The molecule has 0 radical (unpaired) electrons. The molecular weight excluding hydrogens is 414 g/mol. The molecule has 2 aromatic rings. The highest BCUT2D eigenvalue weighted by atomic mass is 32.2. The van der Waals surface area contributed by atoms with Crippen LogP contribution >= 0.6 is 11.8 Å². The largest absolute Gasteiger partial charge is 0.464 e. The first-order valence-corrected chi connectivity index (χ1v) is 11.1. The Labute approximate surface area is 185 Å². The van der Waals surface area contributed by atoms with Crippen LogP contribution in [-0.2, 0) is 23.9 Å². The Morgan fingerprint density at radius 1 is 1.06 bits per heavy atom. The molecule has 0 bridgehead atoms. The maximum Gasteiger partial charge on any atom is 0.331 e. The minimum atomic E-state index is -0.718. The zero-order valence-electron chi connectivity index (χ0n) is 17.6. The van der Waals surface area contributed by atoms with Crippen LogP contribution in [0.15, 0.2) is 60.7 Å². The summed E-state index contributed by atoms with van der Waals surface area (Å²) < 4.78 is 10.5. The van der Waals surface area contributed by atoms with Crippen molar-refractivity contribution in [3.63, 3.8) is 0 Å². The van der Waals surface area contributed by atoms with Crippen molar-refractivity contribution in [3.05, 3.63) is 71.8 Å². The standard InChI is InChI=1S/C24H25NO5S/c1-15(29-14-26)18-21(27)25-20(24(2,3)31-22(18)25)23(28)30-19(16-10-6-4-7-11-16)17-12-8-5-9-13-17/h4-15,18-20,22H,1-3H3/t15?,18?,20-,22+/m0/s1. The Balaban J connectivity index is 1.59. The fourth-order valence-corrected chi connectivity index (χ4v) is 6.18. The van der Waals surface area contributed by atoms with Gasteiger partial charge in [0.25, 0.3) is 6.47 Å². The maximum absolute atomic E-state index is 13.4. The van der Waals surface area contributed by atoms with Crippen LogP contribution in [0.3, 0.4) is 0 Å². The van der Waals surface area contributed by atoms with Gasteiger partial charge in [-0.15, -0.1) is 11.8 Å². The smallest absolute Gasteiger partial charge is 0.331 e. The van der Waals surface area contributed by atoms with Crippen molar-refractivity contribution < 1.29 is 23.9 Å². The number of esters is 1. The first kappa shape index (κ1) is 21.4. The lowest BCUT2D eigenvalue weighted by Gasteiger charge is -2.45. The molecule has 2 aliphatic heterocycles. The summed E-state index contributed by atoms with van der Waals surface area (Å²) >= 11 is 1.55. The molecule has 2 unspecified atom stereocenters. The minimum absolute atomic E-state index is 0.185. The molecule has 1 amide bonds. The van der Waals surface area contributed by atoms with Crippen molar-refractivity contribution in [3.8, 4) is 0 Å². The van der Waals surface area contributed by atoms with E-state index < -0.39 is 34.9 Å². The Bertz CT molecular complexity index is 925. The van der Waals surface area contributed by atoms with Gasteiger partial charge in [-0.2, -0.15) is 0 Å². The molecule has 162 valence electrons. The molecule has 2 heterocycles. The summed E-state index contributed by atoms with van der Waals surface area (Å²) in [6.07, 6.45) is -1.11. The van der Waals surface area contributed by atoms with Gasteiger partial charge < -0.3 is 14.4 Å². The van der Waals surface area contributed by atoms with Crippen LogP contribution in [-0.4, -0.2) is 45.5 Å². The van der Waals surface area contributed by atoms with E-state index in [1.54, 1.807) is 23.6 Å². The molecule has 2 aromatic carbocycles. The van der Waals surface area contributed by atoms with Crippen molar-refractivity contribution in [1.82, 2.24) is 4.90 Å². The summed E-state index contributed by atoms with van der Waals surface area (Å²) in [7, 11) is 0. The number of carbonyl (C=O) groups excluding carboxylic acids is 3. The van der Waals surface area contributed by atoms with Gasteiger partial charge in [-0.1, -0.05) is 60.7 Å². The molecule has 7 heteroatoms. The Morgan fingerprint density at radius 2 is 1.61 bits per heavy atom. The van der Waals surface area contributed by atoms with Gasteiger partial charge >= 0.3 is 5.97 Å². The van der Waals surface area contributed by atoms with Crippen molar-refractivity contribution in [2.45, 2.75) is 49.1 Å². The topological polar surface area (TPSA) is 72.9 Å². The molecule has 0 aliphatic carbocycles. The molecule has 4 rings (SSSR count). The first-order chi connectivity index (χ1) is 14.8.